The van der Waals surface area contributed by atoms with Crippen molar-refractivity contribution in [1.82, 2.24) is 0 Å². The predicted octanol–water partition coefficient (Wildman–Crippen LogP) is 10.5. The number of anilines is 2. The molecule has 4 aromatic rings. The molecule has 3 N–H and O–H groups in total. The van der Waals surface area contributed by atoms with E-state index < -0.39 is 11.9 Å². The number of para-hydroxylation sites is 2. The molecule has 0 atom stereocenters. The first-order valence-corrected chi connectivity index (χ1v) is 15.6. The summed E-state index contributed by atoms with van der Waals surface area (Å²) in [6.45, 7) is 15.8. The van der Waals surface area contributed by atoms with Crippen molar-refractivity contribution in [2.45, 2.75) is 64.7 Å². The lowest BCUT2D eigenvalue weighted by Gasteiger charge is -2.42. The topological polar surface area (TPSA) is 86.6 Å². The van der Waals surface area contributed by atoms with E-state index in [2.05, 4.69) is 58.6 Å². The maximum Gasteiger partial charge on any atom is 0.335 e. The standard InChI is InChI=1S/C24H28O2.C14H11Cl2NO2/c1-15-13-20-21(24(5,6)12-11-23(20,3)4)14-19(15)16(2)17-7-9-18(10-8-17)22(25)26;15-10-5-3-6-11(16)14(10)17-12-7-2-1-4-9(12)8-13(18)19/h7-10,13-14H,2,11-12H2,1,3-6H3,(H,25,26);1-7,17H,8H2,(H,18,19). The monoisotopic (exact) mass is 643 g/mol. The van der Waals surface area contributed by atoms with Crippen molar-refractivity contribution in [2.75, 3.05) is 5.32 Å². The van der Waals surface area contributed by atoms with Crippen LogP contribution in [-0.4, -0.2) is 22.2 Å². The molecule has 0 aliphatic heterocycles. The molecule has 45 heavy (non-hydrogen) atoms. The van der Waals surface area contributed by atoms with E-state index in [0.29, 0.717) is 32.5 Å². The molecule has 0 bridgehead atoms. The van der Waals surface area contributed by atoms with Gasteiger partial charge in [-0.2, -0.15) is 0 Å². The molecule has 0 heterocycles. The van der Waals surface area contributed by atoms with Crippen LogP contribution in [0, 0.1) is 6.92 Å². The molecule has 0 unspecified atom stereocenters. The maximum absolute atomic E-state index is 11.1. The number of aliphatic carboxylic acids is 1. The van der Waals surface area contributed by atoms with Crippen LogP contribution in [0.25, 0.3) is 5.57 Å². The zero-order valence-corrected chi connectivity index (χ0v) is 27.8. The summed E-state index contributed by atoms with van der Waals surface area (Å²) in [6.07, 6.45) is 2.31. The van der Waals surface area contributed by atoms with Crippen molar-refractivity contribution in [3.05, 3.63) is 134 Å². The van der Waals surface area contributed by atoms with E-state index >= 15 is 0 Å². The Morgan fingerprint density at radius 1 is 0.800 bits per heavy atom. The van der Waals surface area contributed by atoms with Gasteiger partial charge in [0.05, 0.1) is 27.7 Å². The van der Waals surface area contributed by atoms with Crippen molar-refractivity contribution in [3.63, 3.8) is 0 Å². The minimum Gasteiger partial charge on any atom is -0.481 e. The number of benzene rings is 4. The Labute approximate surface area is 275 Å². The molecule has 0 fully saturated rings. The number of aromatic carboxylic acids is 1. The average molecular weight is 645 g/mol. The fraction of sp³-hybridized carbons (Fsp3) is 0.263. The Morgan fingerprint density at radius 3 is 1.89 bits per heavy atom. The second kappa shape index (κ2) is 13.5. The third-order valence-corrected chi connectivity index (χ3v) is 9.21. The number of halogens is 2. The summed E-state index contributed by atoms with van der Waals surface area (Å²) in [6, 6.07) is 24.0. The average Bonchev–Trinajstić information content (AvgIpc) is 2.98. The Balaban J connectivity index is 0.000000215. The summed E-state index contributed by atoms with van der Waals surface area (Å²) in [7, 11) is 0. The second-order valence-corrected chi connectivity index (χ2v) is 13.6. The molecule has 0 radical (unpaired) electrons. The number of aryl methyl sites for hydroxylation is 1. The molecule has 5 nitrogen and oxygen atoms in total. The summed E-state index contributed by atoms with van der Waals surface area (Å²) in [5.74, 6) is -1.80. The van der Waals surface area contributed by atoms with Crippen LogP contribution in [0.2, 0.25) is 10.0 Å². The highest BCUT2D eigenvalue weighted by Crippen LogP contribution is 2.47. The number of rotatable bonds is 7. The van der Waals surface area contributed by atoms with Crippen LogP contribution in [0.5, 0.6) is 0 Å². The van der Waals surface area contributed by atoms with Crippen LogP contribution in [0.15, 0.2) is 85.4 Å². The molecule has 0 saturated heterocycles. The predicted molar refractivity (Wildman–Crippen MR) is 186 cm³/mol. The van der Waals surface area contributed by atoms with Crippen LogP contribution in [-0.2, 0) is 22.0 Å². The van der Waals surface area contributed by atoms with E-state index in [4.69, 9.17) is 33.4 Å². The van der Waals surface area contributed by atoms with Gasteiger partial charge in [0.2, 0.25) is 0 Å². The highest BCUT2D eigenvalue weighted by Gasteiger charge is 2.37. The van der Waals surface area contributed by atoms with E-state index in [0.717, 1.165) is 16.7 Å². The first-order valence-electron chi connectivity index (χ1n) is 14.8. The van der Waals surface area contributed by atoms with Gasteiger partial charge in [-0.1, -0.05) is 106 Å². The van der Waals surface area contributed by atoms with E-state index in [-0.39, 0.29) is 17.3 Å². The number of carboxylic acids is 2. The Hall–Kier alpha value is -4.06. The number of carboxylic acid groups (broad SMARTS) is 2. The Bertz CT molecular complexity index is 1740. The number of fused-ring (bicyclic) bond motifs is 1. The summed E-state index contributed by atoms with van der Waals surface area (Å²) >= 11 is 12.1. The molecule has 5 rings (SSSR count). The molecule has 1 aliphatic rings. The first-order chi connectivity index (χ1) is 21.1. The van der Waals surface area contributed by atoms with Gasteiger partial charge in [-0.25, -0.2) is 4.79 Å². The van der Waals surface area contributed by atoms with Gasteiger partial charge in [-0.05, 0) is 99.9 Å². The number of hydrogen-bond donors (Lipinski definition) is 3. The van der Waals surface area contributed by atoms with Crippen molar-refractivity contribution < 1.29 is 19.8 Å². The zero-order valence-electron chi connectivity index (χ0n) is 26.3. The van der Waals surface area contributed by atoms with Gasteiger partial charge in [0.15, 0.2) is 0 Å². The van der Waals surface area contributed by atoms with Gasteiger partial charge in [0.1, 0.15) is 0 Å². The lowest BCUT2D eigenvalue weighted by Crippen LogP contribution is -2.34. The largest absolute Gasteiger partial charge is 0.481 e. The molecule has 0 saturated carbocycles. The number of hydrogen-bond acceptors (Lipinski definition) is 3. The lowest BCUT2D eigenvalue weighted by molar-refractivity contribution is -0.136. The molecule has 234 valence electrons. The third kappa shape index (κ3) is 7.78. The molecule has 1 aliphatic carbocycles. The minimum absolute atomic E-state index is 0.0642. The van der Waals surface area contributed by atoms with Gasteiger partial charge in [-0.15, -0.1) is 0 Å². The van der Waals surface area contributed by atoms with Crippen LogP contribution >= 0.6 is 23.2 Å². The van der Waals surface area contributed by atoms with Crippen molar-refractivity contribution in [1.29, 1.82) is 0 Å². The van der Waals surface area contributed by atoms with E-state index in [1.165, 1.54) is 29.5 Å². The quantitative estimate of drug-likeness (QED) is 0.186. The Kier molecular flexibility index (Phi) is 10.2. The fourth-order valence-electron chi connectivity index (χ4n) is 5.73. The van der Waals surface area contributed by atoms with E-state index in [9.17, 15) is 9.59 Å². The molecule has 0 spiro atoms. The zero-order chi connectivity index (χ0) is 33.1. The van der Waals surface area contributed by atoms with Gasteiger partial charge >= 0.3 is 11.9 Å². The summed E-state index contributed by atoms with van der Waals surface area (Å²) in [4.78, 5) is 21.9. The van der Waals surface area contributed by atoms with Gasteiger partial charge < -0.3 is 15.5 Å². The van der Waals surface area contributed by atoms with Crippen LogP contribution in [0.4, 0.5) is 11.4 Å². The van der Waals surface area contributed by atoms with E-state index in [1.54, 1.807) is 48.5 Å². The highest BCUT2D eigenvalue weighted by atomic mass is 35.5. The Morgan fingerprint density at radius 2 is 1.33 bits per heavy atom. The van der Waals surface area contributed by atoms with Gasteiger partial charge in [0, 0.05) is 5.69 Å². The smallest absolute Gasteiger partial charge is 0.335 e. The van der Waals surface area contributed by atoms with Gasteiger partial charge in [-0.3, -0.25) is 4.79 Å². The molecule has 0 amide bonds. The minimum atomic E-state index is -0.906. The lowest BCUT2D eigenvalue weighted by atomic mass is 9.62. The van der Waals surface area contributed by atoms with Crippen molar-refractivity contribution in [2.24, 2.45) is 0 Å². The SMILES string of the molecule is C=C(c1ccc(C(=O)O)cc1)c1cc2c(cc1C)C(C)(C)CCC2(C)C.O=C(O)Cc1ccccc1Nc1c(Cl)cccc1Cl. The number of nitrogens with one attached hydrogen (secondary N) is 1. The van der Waals surface area contributed by atoms with Crippen molar-refractivity contribution >= 4 is 52.1 Å². The van der Waals surface area contributed by atoms with Crippen LogP contribution in [0.3, 0.4) is 0 Å². The van der Waals surface area contributed by atoms with E-state index in [1.807, 2.05) is 18.2 Å². The normalized spacial score (nSPS) is 14.4. The summed E-state index contributed by atoms with van der Waals surface area (Å²) in [5, 5.41) is 22.0. The fourth-order valence-corrected chi connectivity index (χ4v) is 6.22. The molecular formula is C38H39Cl2NO4. The molecule has 7 heteroatoms. The molecule has 4 aromatic carbocycles. The molecule has 0 aromatic heterocycles. The first kappa shape index (κ1) is 33.8. The van der Waals surface area contributed by atoms with Crippen molar-refractivity contribution in [3.8, 4) is 0 Å². The highest BCUT2D eigenvalue weighted by molar-refractivity contribution is 6.39. The summed E-state index contributed by atoms with van der Waals surface area (Å²) in [5.41, 5.74) is 9.72. The van der Waals surface area contributed by atoms with Crippen LogP contribution in [0.1, 0.15) is 84.3 Å². The molecular weight excluding hydrogens is 605 g/mol. The summed E-state index contributed by atoms with van der Waals surface area (Å²) < 4.78 is 0. The van der Waals surface area contributed by atoms with Gasteiger partial charge in [0.25, 0.3) is 0 Å². The van der Waals surface area contributed by atoms with Crippen LogP contribution < -0.4 is 5.32 Å². The number of carbonyl (C=O) groups is 2. The third-order valence-electron chi connectivity index (χ3n) is 8.58. The maximum atomic E-state index is 11.1. The second-order valence-electron chi connectivity index (χ2n) is 12.8.